The lowest BCUT2D eigenvalue weighted by Gasteiger charge is -2.21. The Morgan fingerprint density at radius 3 is 2.29 bits per heavy atom. The van der Waals surface area contributed by atoms with Gasteiger partial charge >= 0.3 is 5.97 Å². The van der Waals surface area contributed by atoms with Crippen LogP contribution in [0.2, 0.25) is 0 Å². The van der Waals surface area contributed by atoms with Crippen molar-refractivity contribution in [1.82, 2.24) is 0 Å². The maximum Gasteiger partial charge on any atom is 0.308 e. The predicted octanol–water partition coefficient (Wildman–Crippen LogP) is 5.47. The minimum absolute atomic E-state index is 0.0122. The molecule has 2 N–H and O–H groups in total. The van der Waals surface area contributed by atoms with Gasteiger partial charge in [0.2, 0.25) is 5.91 Å². The largest absolute Gasteiger partial charge is 0.427 e. The number of esters is 1. The van der Waals surface area contributed by atoms with Crippen molar-refractivity contribution < 1.29 is 19.1 Å². The fraction of sp³-hybridized carbons (Fsp3) is 0.400. The van der Waals surface area contributed by atoms with Gasteiger partial charge in [-0.3, -0.25) is 14.4 Å². The zero-order chi connectivity index (χ0) is 22.2. The number of nitrogens with one attached hydrogen (secondary N) is 2. The van der Waals surface area contributed by atoms with E-state index in [0.29, 0.717) is 35.0 Å². The van der Waals surface area contributed by atoms with Crippen molar-refractivity contribution in [2.24, 2.45) is 5.92 Å². The maximum atomic E-state index is 12.8. The van der Waals surface area contributed by atoms with Gasteiger partial charge in [-0.25, -0.2) is 0 Å². The van der Waals surface area contributed by atoms with Crippen molar-refractivity contribution >= 4 is 29.2 Å². The topological polar surface area (TPSA) is 84.5 Å². The summed E-state index contributed by atoms with van der Waals surface area (Å²) in [7, 11) is 0. The molecule has 0 unspecified atom stereocenters. The molecule has 6 heteroatoms. The number of carbonyl (C=O) groups is 3. The summed E-state index contributed by atoms with van der Waals surface area (Å²) in [5.41, 5.74) is 2.51. The van der Waals surface area contributed by atoms with Gasteiger partial charge in [-0.05, 0) is 61.2 Å². The average Bonchev–Trinajstić information content (AvgIpc) is 2.75. The summed E-state index contributed by atoms with van der Waals surface area (Å²) in [5, 5.41) is 5.76. The molecule has 0 saturated heterocycles. The second-order valence-electron chi connectivity index (χ2n) is 8.19. The van der Waals surface area contributed by atoms with Crippen molar-refractivity contribution in [3.63, 3.8) is 0 Å². The van der Waals surface area contributed by atoms with Crippen molar-refractivity contribution in [2.45, 2.75) is 58.8 Å². The highest BCUT2D eigenvalue weighted by atomic mass is 16.5. The molecule has 2 amide bonds. The highest BCUT2D eigenvalue weighted by Gasteiger charge is 2.16. The molecule has 0 bridgehead atoms. The number of carbonyl (C=O) groups excluding carboxylic acids is 3. The van der Waals surface area contributed by atoms with Gasteiger partial charge in [-0.1, -0.05) is 38.2 Å². The molecule has 1 aliphatic carbocycles. The zero-order valence-electron chi connectivity index (χ0n) is 18.2. The van der Waals surface area contributed by atoms with Gasteiger partial charge in [0.1, 0.15) is 5.75 Å². The summed E-state index contributed by atoms with van der Waals surface area (Å²) >= 11 is 0. The molecule has 164 valence electrons. The van der Waals surface area contributed by atoms with Crippen LogP contribution in [-0.2, 0) is 9.59 Å². The monoisotopic (exact) mass is 422 g/mol. The molecule has 0 aromatic heterocycles. The van der Waals surface area contributed by atoms with Gasteiger partial charge < -0.3 is 15.4 Å². The zero-order valence-corrected chi connectivity index (χ0v) is 18.2. The second kappa shape index (κ2) is 10.8. The Balaban J connectivity index is 1.58. The Morgan fingerprint density at radius 1 is 0.935 bits per heavy atom. The summed E-state index contributed by atoms with van der Waals surface area (Å²) < 4.78 is 5.00. The van der Waals surface area contributed by atoms with Crippen molar-refractivity contribution in [1.29, 1.82) is 0 Å². The molecular formula is C25H30N2O4. The van der Waals surface area contributed by atoms with Crippen molar-refractivity contribution in [3.05, 3.63) is 53.6 Å². The average molecular weight is 423 g/mol. The van der Waals surface area contributed by atoms with Crippen molar-refractivity contribution in [2.75, 3.05) is 10.6 Å². The fourth-order valence-corrected chi connectivity index (χ4v) is 3.95. The molecule has 0 aliphatic heterocycles. The number of hydrogen-bond donors (Lipinski definition) is 2. The van der Waals surface area contributed by atoms with E-state index in [1.807, 2.05) is 19.1 Å². The van der Waals surface area contributed by atoms with Crippen LogP contribution in [-0.4, -0.2) is 17.8 Å². The standard InChI is InChI=1S/C25H30N2O4/c1-17-8-10-21(26-24(29)15-9-19-6-4-3-5-7-19)16-23(17)25(30)27-20-11-13-22(14-12-20)31-18(2)28/h8,10-14,16,19H,3-7,9,15H2,1-2H3,(H,26,29)(H,27,30). The van der Waals surface area contributed by atoms with Gasteiger partial charge in [-0.2, -0.15) is 0 Å². The number of hydrogen-bond acceptors (Lipinski definition) is 4. The molecule has 31 heavy (non-hydrogen) atoms. The van der Waals surface area contributed by atoms with Crippen LogP contribution in [0.25, 0.3) is 0 Å². The number of anilines is 2. The molecule has 1 saturated carbocycles. The molecule has 0 radical (unpaired) electrons. The molecule has 2 aromatic rings. The van der Waals surface area contributed by atoms with Gasteiger partial charge in [-0.15, -0.1) is 0 Å². The van der Waals surface area contributed by atoms with E-state index in [-0.39, 0.29) is 11.8 Å². The van der Waals surface area contributed by atoms with E-state index in [9.17, 15) is 14.4 Å². The lowest BCUT2D eigenvalue weighted by Crippen LogP contribution is -2.17. The highest BCUT2D eigenvalue weighted by Crippen LogP contribution is 2.27. The number of benzene rings is 2. The van der Waals surface area contributed by atoms with Crippen LogP contribution in [0.1, 0.15) is 67.8 Å². The predicted molar refractivity (Wildman–Crippen MR) is 121 cm³/mol. The lowest BCUT2D eigenvalue weighted by molar-refractivity contribution is -0.131. The molecule has 1 fully saturated rings. The minimum Gasteiger partial charge on any atom is -0.427 e. The second-order valence-corrected chi connectivity index (χ2v) is 8.19. The van der Waals surface area contributed by atoms with E-state index in [0.717, 1.165) is 12.0 Å². The van der Waals surface area contributed by atoms with Gasteiger partial charge in [0.05, 0.1) is 0 Å². The summed E-state index contributed by atoms with van der Waals surface area (Å²) in [5.74, 6) is 0.397. The molecule has 6 nitrogen and oxygen atoms in total. The SMILES string of the molecule is CC(=O)Oc1ccc(NC(=O)c2cc(NC(=O)CCC3CCCCC3)ccc2C)cc1. The van der Waals surface area contributed by atoms with Crippen LogP contribution in [0.3, 0.4) is 0 Å². The summed E-state index contributed by atoms with van der Waals surface area (Å²) in [6, 6.07) is 11.9. The molecular weight excluding hydrogens is 392 g/mol. The first-order valence-electron chi connectivity index (χ1n) is 10.9. The van der Waals surface area contributed by atoms with Crippen LogP contribution < -0.4 is 15.4 Å². The van der Waals surface area contributed by atoms with Crippen LogP contribution in [0, 0.1) is 12.8 Å². The van der Waals surface area contributed by atoms with Crippen LogP contribution >= 0.6 is 0 Å². The normalized spacial score (nSPS) is 14.0. The van der Waals surface area contributed by atoms with E-state index in [4.69, 9.17) is 4.74 Å². The first kappa shape index (κ1) is 22.5. The van der Waals surface area contributed by atoms with Crippen LogP contribution in [0.4, 0.5) is 11.4 Å². The Labute approximate surface area is 183 Å². The number of rotatable bonds is 7. The van der Waals surface area contributed by atoms with Gasteiger partial charge in [0.15, 0.2) is 0 Å². The summed E-state index contributed by atoms with van der Waals surface area (Å²) in [6.07, 6.45) is 7.74. The van der Waals surface area contributed by atoms with Crippen LogP contribution in [0.15, 0.2) is 42.5 Å². The molecule has 0 spiro atoms. The first-order valence-corrected chi connectivity index (χ1v) is 10.9. The lowest BCUT2D eigenvalue weighted by atomic mass is 9.86. The third-order valence-electron chi connectivity index (χ3n) is 5.64. The first-order chi connectivity index (χ1) is 14.9. The summed E-state index contributed by atoms with van der Waals surface area (Å²) in [6.45, 7) is 3.19. The minimum atomic E-state index is -0.398. The van der Waals surface area contributed by atoms with Gasteiger partial charge in [0, 0.05) is 30.3 Å². The van der Waals surface area contributed by atoms with E-state index in [1.165, 1.54) is 39.0 Å². The summed E-state index contributed by atoms with van der Waals surface area (Å²) in [4.78, 5) is 36.1. The molecule has 1 aliphatic rings. The van der Waals surface area contributed by atoms with Crippen LogP contribution in [0.5, 0.6) is 5.75 Å². The third-order valence-corrected chi connectivity index (χ3v) is 5.64. The highest BCUT2D eigenvalue weighted by molar-refractivity contribution is 6.06. The molecule has 0 heterocycles. The Morgan fingerprint density at radius 2 is 1.61 bits per heavy atom. The molecule has 0 atom stereocenters. The van der Waals surface area contributed by atoms with E-state index < -0.39 is 5.97 Å². The fourth-order valence-electron chi connectivity index (χ4n) is 3.95. The van der Waals surface area contributed by atoms with Crippen molar-refractivity contribution in [3.8, 4) is 5.75 Å². The van der Waals surface area contributed by atoms with E-state index in [1.54, 1.807) is 30.3 Å². The quantitative estimate of drug-likeness (QED) is 0.458. The maximum absolute atomic E-state index is 12.8. The van der Waals surface area contributed by atoms with E-state index in [2.05, 4.69) is 10.6 Å². The Hall–Kier alpha value is -3.15. The number of aryl methyl sites for hydroxylation is 1. The number of ether oxygens (including phenoxy) is 1. The Bertz CT molecular complexity index is 931. The molecule has 3 rings (SSSR count). The van der Waals surface area contributed by atoms with Gasteiger partial charge in [0.25, 0.3) is 5.91 Å². The number of amides is 2. The Kier molecular flexibility index (Phi) is 7.82. The third kappa shape index (κ3) is 6.95. The smallest absolute Gasteiger partial charge is 0.308 e. The van der Waals surface area contributed by atoms with E-state index >= 15 is 0 Å². The molecule has 2 aromatic carbocycles.